The van der Waals surface area contributed by atoms with Crippen LogP contribution in [0, 0.1) is 0 Å². The maximum Gasteiger partial charge on any atom is 0.167 e. The molecule has 1 spiro atoms. The number of aromatic nitrogens is 3. The highest BCUT2D eigenvalue weighted by atomic mass is 16.3. The van der Waals surface area contributed by atoms with Crippen molar-refractivity contribution in [3.05, 3.63) is 247 Å². The van der Waals surface area contributed by atoms with Gasteiger partial charge in [-0.2, -0.15) is 0 Å². The fourth-order valence-electron chi connectivity index (χ4n) is 11.7. The van der Waals surface area contributed by atoms with Crippen molar-refractivity contribution in [3.8, 4) is 78.7 Å². The molecule has 13 aromatic rings. The van der Waals surface area contributed by atoms with Gasteiger partial charge in [-0.25, -0.2) is 15.0 Å². The zero-order valence-corrected chi connectivity index (χ0v) is 37.0. The molecule has 2 aliphatic rings. The van der Waals surface area contributed by atoms with E-state index in [0.717, 1.165) is 77.3 Å². The van der Waals surface area contributed by atoms with Crippen LogP contribution in [0.25, 0.3) is 123 Å². The third-order valence-corrected chi connectivity index (χ3v) is 14.6. The highest BCUT2D eigenvalue weighted by Crippen LogP contribution is 2.64. The molecule has 0 radical (unpaired) electrons. The van der Waals surface area contributed by atoms with Crippen LogP contribution in [0.3, 0.4) is 0 Å². The first-order valence-corrected chi connectivity index (χ1v) is 23.4. The average molecular weight is 880 g/mol. The van der Waals surface area contributed by atoms with E-state index in [9.17, 15) is 0 Å². The highest BCUT2D eigenvalue weighted by molar-refractivity contribution is 6.14. The summed E-state index contributed by atoms with van der Waals surface area (Å²) < 4.78 is 13.3. The molecule has 10 aromatic carbocycles. The minimum Gasteiger partial charge on any atom is -0.456 e. The number of furan rings is 2. The lowest BCUT2D eigenvalue weighted by molar-refractivity contribution is 0.668. The fourth-order valence-corrected chi connectivity index (χ4v) is 11.7. The monoisotopic (exact) mass is 879 g/mol. The summed E-state index contributed by atoms with van der Waals surface area (Å²) in [4.78, 5) is 15.9. The van der Waals surface area contributed by atoms with Crippen molar-refractivity contribution in [1.29, 1.82) is 0 Å². The lowest BCUT2D eigenvalue weighted by Gasteiger charge is -2.32. The molecule has 0 N–H and O–H groups in total. The van der Waals surface area contributed by atoms with Gasteiger partial charge in [0.2, 0.25) is 0 Å². The molecule has 0 bridgehead atoms. The molecule has 3 heterocycles. The number of rotatable bonds is 5. The van der Waals surface area contributed by atoms with Crippen LogP contribution in [-0.4, -0.2) is 15.0 Å². The normalized spacial score (nSPS) is 13.0. The number of hydrogen-bond donors (Lipinski definition) is 0. The molecule has 3 aromatic heterocycles. The lowest BCUT2D eigenvalue weighted by Crippen LogP contribution is -2.26. The quantitative estimate of drug-likeness (QED) is 0.172. The van der Waals surface area contributed by atoms with Crippen molar-refractivity contribution >= 4 is 43.9 Å². The summed E-state index contributed by atoms with van der Waals surface area (Å²) in [5.74, 6) is 1.64. The highest BCUT2D eigenvalue weighted by Gasteiger charge is 2.52. The molecule has 69 heavy (non-hydrogen) atoms. The third kappa shape index (κ3) is 5.38. The van der Waals surface area contributed by atoms with E-state index in [2.05, 4.69) is 182 Å². The van der Waals surface area contributed by atoms with Crippen molar-refractivity contribution in [3.63, 3.8) is 0 Å². The van der Waals surface area contributed by atoms with Gasteiger partial charge in [-0.1, -0.05) is 194 Å². The minimum absolute atomic E-state index is 0.492. The van der Waals surface area contributed by atoms with E-state index in [0.29, 0.717) is 17.5 Å². The fraction of sp³-hybridized carbons (Fsp3) is 0.0156. The predicted octanol–water partition coefficient (Wildman–Crippen LogP) is 16.3. The van der Waals surface area contributed by atoms with Gasteiger partial charge < -0.3 is 8.83 Å². The Morgan fingerprint density at radius 1 is 0.290 bits per heavy atom. The summed E-state index contributed by atoms with van der Waals surface area (Å²) >= 11 is 0. The SMILES string of the molecule is c1ccc(-c2ccc(-c3nc(-c4cccc5c4oc4ccccc45)nc(-c4cccc5oc6ccc(-c7cccc8c7C7(c9ccccc9-c9ccccc97)c7ccccc7-8)cc6c45)n3)cc2)cc1. The van der Waals surface area contributed by atoms with E-state index < -0.39 is 5.41 Å². The Morgan fingerprint density at radius 3 is 1.55 bits per heavy atom. The van der Waals surface area contributed by atoms with Crippen molar-refractivity contribution in [2.45, 2.75) is 5.41 Å². The second kappa shape index (κ2) is 14.4. The Labute approximate surface area is 396 Å². The summed E-state index contributed by atoms with van der Waals surface area (Å²) in [5.41, 5.74) is 20.1. The molecule has 2 aliphatic carbocycles. The molecular weight excluding hydrogens is 843 g/mol. The van der Waals surface area contributed by atoms with E-state index in [1.165, 1.54) is 50.1 Å². The topological polar surface area (TPSA) is 65.0 Å². The standard InChI is InChI=1S/C64H37N3O2/c1-2-15-38(16-3-1)39-31-33-40(34-32-39)61-65-62(67-63(66-61)50-25-13-23-48-46-20-7-11-29-55(46)69-60(48)50)49-24-14-30-57-58(49)51-37-41(35-36-56(51)68-57)42-21-12-22-47-45-19-6-10-28-54(45)64(59(42)47)52-26-8-4-17-43(52)44-18-5-9-27-53(44)64/h1-37H. The van der Waals surface area contributed by atoms with Crippen molar-refractivity contribution in [1.82, 2.24) is 15.0 Å². The summed E-state index contributed by atoms with van der Waals surface area (Å²) in [6.45, 7) is 0. The minimum atomic E-state index is -0.492. The van der Waals surface area contributed by atoms with Gasteiger partial charge in [0.15, 0.2) is 17.5 Å². The zero-order chi connectivity index (χ0) is 45.2. The van der Waals surface area contributed by atoms with Gasteiger partial charge in [0, 0.05) is 32.7 Å². The van der Waals surface area contributed by atoms with Gasteiger partial charge in [0.05, 0.1) is 11.0 Å². The molecule has 0 unspecified atom stereocenters. The maximum absolute atomic E-state index is 6.73. The Hall–Kier alpha value is -9.19. The number of para-hydroxylation sites is 2. The zero-order valence-electron chi connectivity index (χ0n) is 37.0. The number of fused-ring (bicyclic) bond motifs is 16. The molecule has 0 amide bonds. The van der Waals surface area contributed by atoms with E-state index in [-0.39, 0.29) is 0 Å². The van der Waals surface area contributed by atoms with E-state index in [1.54, 1.807) is 0 Å². The number of nitrogens with zero attached hydrogens (tertiary/aromatic N) is 3. The summed E-state index contributed by atoms with van der Waals surface area (Å²) in [6.07, 6.45) is 0. The summed E-state index contributed by atoms with van der Waals surface area (Å²) in [6, 6.07) is 79.7. The first-order valence-electron chi connectivity index (χ1n) is 23.4. The van der Waals surface area contributed by atoms with Crippen molar-refractivity contribution in [2.24, 2.45) is 0 Å². The maximum atomic E-state index is 6.73. The molecular formula is C64H37N3O2. The van der Waals surface area contributed by atoms with E-state index >= 15 is 0 Å². The molecule has 15 rings (SSSR count). The van der Waals surface area contributed by atoms with Gasteiger partial charge in [0.1, 0.15) is 22.3 Å². The van der Waals surface area contributed by atoms with Crippen molar-refractivity contribution in [2.75, 3.05) is 0 Å². The van der Waals surface area contributed by atoms with Crippen LogP contribution in [0.1, 0.15) is 22.3 Å². The van der Waals surface area contributed by atoms with Crippen LogP contribution < -0.4 is 0 Å². The molecule has 0 saturated heterocycles. The summed E-state index contributed by atoms with van der Waals surface area (Å²) in [5, 5.41) is 3.99. The number of hydrogen-bond acceptors (Lipinski definition) is 5. The second-order valence-corrected chi connectivity index (χ2v) is 18.1. The van der Waals surface area contributed by atoms with E-state index in [4.69, 9.17) is 23.8 Å². The molecule has 5 heteroatoms. The first kappa shape index (κ1) is 38.0. The molecule has 320 valence electrons. The predicted molar refractivity (Wildman–Crippen MR) is 278 cm³/mol. The van der Waals surface area contributed by atoms with Crippen LogP contribution in [0.4, 0.5) is 0 Å². The molecule has 0 atom stereocenters. The largest absolute Gasteiger partial charge is 0.456 e. The van der Waals surface area contributed by atoms with Gasteiger partial charge in [-0.15, -0.1) is 0 Å². The Balaban J connectivity index is 0.951. The average Bonchev–Trinajstić information content (AvgIpc) is 4.16. The van der Waals surface area contributed by atoms with Crippen molar-refractivity contribution < 1.29 is 8.83 Å². The smallest absolute Gasteiger partial charge is 0.167 e. The molecule has 5 nitrogen and oxygen atoms in total. The van der Waals surface area contributed by atoms with Crippen LogP contribution >= 0.6 is 0 Å². The second-order valence-electron chi connectivity index (χ2n) is 18.1. The van der Waals surface area contributed by atoms with Gasteiger partial charge >= 0.3 is 0 Å². The Morgan fingerprint density at radius 2 is 0.783 bits per heavy atom. The van der Waals surface area contributed by atoms with Crippen LogP contribution in [-0.2, 0) is 5.41 Å². The van der Waals surface area contributed by atoms with Crippen LogP contribution in [0.5, 0.6) is 0 Å². The van der Waals surface area contributed by atoms with Gasteiger partial charge in [-0.05, 0) is 97.1 Å². The molecule has 0 aliphatic heterocycles. The lowest BCUT2D eigenvalue weighted by atomic mass is 9.68. The Kier molecular flexibility index (Phi) is 7.93. The van der Waals surface area contributed by atoms with Crippen LogP contribution in [0.15, 0.2) is 233 Å². The first-order chi connectivity index (χ1) is 34.2. The van der Waals surface area contributed by atoms with Gasteiger partial charge in [-0.3, -0.25) is 0 Å². The van der Waals surface area contributed by atoms with Crippen LogP contribution in [0.2, 0.25) is 0 Å². The third-order valence-electron chi connectivity index (χ3n) is 14.6. The van der Waals surface area contributed by atoms with E-state index in [1.807, 2.05) is 42.5 Å². The number of benzene rings is 10. The summed E-state index contributed by atoms with van der Waals surface area (Å²) in [7, 11) is 0. The Bertz CT molecular complexity index is 4200. The molecule has 0 saturated carbocycles. The molecule has 0 fully saturated rings. The van der Waals surface area contributed by atoms with Gasteiger partial charge in [0.25, 0.3) is 0 Å².